The first-order valence-corrected chi connectivity index (χ1v) is 8.33. The van der Waals surface area contributed by atoms with Gasteiger partial charge in [-0.05, 0) is 50.2 Å². The number of hydrogen-bond donors (Lipinski definition) is 0. The molecule has 1 aliphatic rings. The van der Waals surface area contributed by atoms with Gasteiger partial charge in [0.15, 0.2) is 0 Å². The van der Waals surface area contributed by atoms with Gasteiger partial charge < -0.3 is 4.74 Å². The van der Waals surface area contributed by atoms with Gasteiger partial charge in [-0.25, -0.2) is 0 Å². The fourth-order valence-corrected chi connectivity index (χ4v) is 2.93. The van der Waals surface area contributed by atoms with Crippen molar-refractivity contribution in [1.29, 1.82) is 0 Å². The Labute approximate surface area is 145 Å². The molecule has 0 spiro atoms. The van der Waals surface area contributed by atoms with E-state index in [0.717, 1.165) is 5.57 Å². The van der Waals surface area contributed by atoms with Crippen molar-refractivity contribution >= 4 is 12.3 Å². The molecule has 0 saturated carbocycles. The van der Waals surface area contributed by atoms with Crippen LogP contribution in [0.1, 0.15) is 53.9 Å². The molecule has 0 amide bonds. The second kappa shape index (κ2) is 9.21. The van der Waals surface area contributed by atoms with Crippen LogP contribution in [-0.2, 0) is 14.3 Å². The molecule has 0 fully saturated rings. The van der Waals surface area contributed by atoms with Crippen molar-refractivity contribution in [3.05, 3.63) is 58.9 Å². The Morgan fingerprint density at radius 2 is 1.88 bits per heavy atom. The summed E-state index contributed by atoms with van der Waals surface area (Å²) >= 11 is 0. The number of hydrogen-bond acceptors (Lipinski definition) is 3. The van der Waals surface area contributed by atoms with Gasteiger partial charge in [0, 0.05) is 13.0 Å². The quantitative estimate of drug-likeness (QED) is 0.221. The van der Waals surface area contributed by atoms with Crippen molar-refractivity contribution in [3.63, 3.8) is 0 Å². The maximum absolute atomic E-state index is 11.0. The second-order valence-electron chi connectivity index (χ2n) is 6.83. The van der Waals surface area contributed by atoms with E-state index in [9.17, 15) is 9.59 Å². The first kappa shape index (κ1) is 19.9. The molecule has 130 valence electrons. The molecule has 0 saturated heterocycles. The number of carbonyl (C=O) groups is 2. The van der Waals surface area contributed by atoms with Crippen molar-refractivity contribution in [2.75, 3.05) is 0 Å². The number of rotatable bonds is 6. The fraction of sp³-hybridized carbons (Fsp3) is 0.429. The summed E-state index contributed by atoms with van der Waals surface area (Å²) < 4.78 is 4.92. The van der Waals surface area contributed by atoms with Crippen molar-refractivity contribution < 1.29 is 14.3 Å². The second-order valence-corrected chi connectivity index (χ2v) is 6.83. The zero-order valence-electron chi connectivity index (χ0n) is 15.4. The Morgan fingerprint density at radius 3 is 2.46 bits per heavy atom. The van der Waals surface area contributed by atoms with Crippen LogP contribution < -0.4 is 0 Å². The molecule has 0 radical (unpaired) electrons. The van der Waals surface area contributed by atoms with Crippen molar-refractivity contribution in [3.8, 4) is 0 Å². The van der Waals surface area contributed by atoms with Gasteiger partial charge in [0.05, 0.1) is 0 Å². The van der Waals surface area contributed by atoms with Crippen LogP contribution in [0.15, 0.2) is 58.9 Å². The zero-order valence-corrected chi connectivity index (χ0v) is 15.4. The lowest BCUT2D eigenvalue weighted by molar-refractivity contribution is -0.136. The molecule has 0 bridgehead atoms. The van der Waals surface area contributed by atoms with E-state index in [1.54, 1.807) is 12.2 Å². The maximum Gasteiger partial charge on any atom is 0.308 e. The monoisotopic (exact) mass is 328 g/mol. The van der Waals surface area contributed by atoms with Gasteiger partial charge in [0.1, 0.15) is 12.0 Å². The zero-order chi connectivity index (χ0) is 18.2. The van der Waals surface area contributed by atoms with Crippen LogP contribution in [0.5, 0.6) is 0 Å². The Morgan fingerprint density at radius 1 is 1.17 bits per heavy atom. The van der Waals surface area contributed by atoms with Crippen LogP contribution in [0.3, 0.4) is 0 Å². The summed E-state index contributed by atoms with van der Waals surface area (Å²) in [7, 11) is 0. The van der Waals surface area contributed by atoms with Crippen LogP contribution in [-0.4, -0.2) is 12.3 Å². The fourth-order valence-electron chi connectivity index (χ4n) is 2.93. The van der Waals surface area contributed by atoms with Crippen LogP contribution in [0.25, 0.3) is 0 Å². The van der Waals surface area contributed by atoms with Crippen LogP contribution in [0, 0.1) is 5.41 Å². The van der Waals surface area contributed by atoms with Gasteiger partial charge in [0.25, 0.3) is 0 Å². The molecule has 1 aliphatic carbocycles. The van der Waals surface area contributed by atoms with Crippen LogP contribution in [0.2, 0.25) is 0 Å². The molecule has 0 unspecified atom stereocenters. The van der Waals surface area contributed by atoms with Gasteiger partial charge >= 0.3 is 5.97 Å². The summed E-state index contributed by atoms with van der Waals surface area (Å²) in [6.45, 7) is 10.1. The molecule has 1 rings (SSSR count). The number of carbonyl (C=O) groups excluding carboxylic acids is 2. The van der Waals surface area contributed by atoms with Gasteiger partial charge in [-0.2, -0.15) is 0 Å². The van der Waals surface area contributed by atoms with Gasteiger partial charge in [-0.15, -0.1) is 0 Å². The minimum absolute atomic E-state index is 0.226. The number of ether oxygens (including phenoxy) is 1. The highest BCUT2D eigenvalue weighted by atomic mass is 16.5. The van der Waals surface area contributed by atoms with Crippen LogP contribution in [0.4, 0.5) is 0 Å². The molecule has 0 heterocycles. The molecule has 0 N–H and O–H groups in total. The summed E-state index contributed by atoms with van der Waals surface area (Å²) in [6, 6.07) is 0. The lowest BCUT2D eigenvalue weighted by Gasteiger charge is -2.32. The van der Waals surface area contributed by atoms with Crippen LogP contribution >= 0.6 is 0 Å². The van der Waals surface area contributed by atoms with Gasteiger partial charge in [0.2, 0.25) is 0 Å². The molecule has 0 aromatic rings. The predicted octanol–water partition coefficient (Wildman–Crippen LogP) is 5.22. The number of allylic oxidation sites excluding steroid dienone is 9. The van der Waals surface area contributed by atoms with E-state index in [2.05, 4.69) is 32.9 Å². The smallest absolute Gasteiger partial charge is 0.308 e. The summed E-state index contributed by atoms with van der Waals surface area (Å²) in [5.41, 5.74) is 4.20. The van der Waals surface area contributed by atoms with E-state index in [-0.39, 0.29) is 11.2 Å². The van der Waals surface area contributed by atoms with Crippen molar-refractivity contribution in [1.82, 2.24) is 0 Å². The van der Waals surface area contributed by atoms with E-state index in [0.29, 0.717) is 6.29 Å². The Balaban J connectivity index is 2.83. The molecule has 0 aliphatic heterocycles. The summed E-state index contributed by atoms with van der Waals surface area (Å²) in [5.74, 6) is -0.215. The summed E-state index contributed by atoms with van der Waals surface area (Å²) in [4.78, 5) is 21.5. The maximum atomic E-state index is 11.0. The lowest BCUT2D eigenvalue weighted by atomic mass is 9.72. The molecular weight excluding hydrogens is 300 g/mol. The Kier molecular flexibility index (Phi) is 7.63. The number of esters is 1. The van der Waals surface area contributed by atoms with E-state index < -0.39 is 5.97 Å². The van der Waals surface area contributed by atoms with Gasteiger partial charge in [-0.1, -0.05) is 49.3 Å². The highest BCUT2D eigenvalue weighted by molar-refractivity contribution is 5.71. The lowest BCUT2D eigenvalue weighted by Crippen LogP contribution is -2.19. The van der Waals surface area contributed by atoms with E-state index in [1.807, 2.05) is 13.0 Å². The average Bonchev–Trinajstić information content (AvgIpc) is 2.45. The first-order chi connectivity index (χ1) is 11.3. The topological polar surface area (TPSA) is 43.4 Å². The van der Waals surface area contributed by atoms with E-state index in [4.69, 9.17) is 4.74 Å². The third-order valence-electron chi connectivity index (χ3n) is 4.17. The average molecular weight is 328 g/mol. The Bertz CT molecular complexity index is 625. The van der Waals surface area contributed by atoms with Gasteiger partial charge in [-0.3, -0.25) is 9.59 Å². The molecule has 0 atom stereocenters. The van der Waals surface area contributed by atoms with Crippen molar-refractivity contribution in [2.24, 2.45) is 5.41 Å². The van der Waals surface area contributed by atoms with E-state index >= 15 is 0 Å². The SMILES string of the molecule is CC(=O)OC(=C\C=O)/C=C/C=C(C)/C=C/C1=C(C)CCCC1(C)C. The highest BCUT2D eigenvalue weighted by Gasteiger charge is 2.26. The summed E-state index contributed by atoms with van der Waals surface area (Å²) in [5, 5.41) is 0. The third kappa shape index (κ3) is 6.53. The third-order valence-corrected chi connectivity index (χ3v) is 4.17. The molecule has 0 aromatic carbocycles. The molecule has 0 aromatic heterocycles. The highest BCUT2D eigenvalue weighted by Crippen LogP contribution is 2.40. The minimum atomic E-state index is -0.449. The minimum Gasteiger partial charge on any atom is -0.427 e. The molecule has 24 heavy (non-hydrogen) atoms. The molecular formula is C21H28O3. The normalized spacial score (nSPS) is 19.2. The van der Waals surface area contributed by atoms with Crippen molar-refractivity contribution in [2.45, 2.75) is 53.9 Å². The predicted molar refractivity (Wildman–Crippen MR) is 98.3 cm³/mol. The first-order valence-electron chi connectivity index (χ1n) is 8.33. The molecule has 3 nitrogen and oxygen atoms in total. The van der Waals surface area contributed by atoms with E-state index in [1.165, 1.54) is 43.4 Å². The largest absolute Gasteiger partial charge is 0.427 e. The Hall–Kier alpha value is -2.16. The number of aldehydes is 1. The standard InChI is InChI=1S/C21H28O3/c1-16(8-6-10-19(13-15-22)24-18(3)23)11-12-20-17(2)9-7-14-21(20,4)5/h6,8,10-13,15H,7,9,14H2,1-5H3/b10-6+,12-11+,16-8+,19-13-. The summed E-state index contributed by atoms with van der Waals surface area (Å²) in [6.07, 6.45) is 15.1. The molecule has 3 heteroatoms.